The van der Waals surface area contributed by atoms with E-state index in [1.54, 1.807) is 26.5 Å². The minimum absolute atomic E-state index is 0.231. The molecule has 7 heteroatoms. The normalized spacial score (nSPS) is 16.2. The molecule has 1 atom stereocenters. The zero-order chi connectivity index (χ0) is 17.5. The molecule has 1 fully saturated rings. The topological polar surface area (TPSA) is 72.4 Å². The van der Waals surface area contributed by atoms with E-state index in [2.05, 4.69) is 31.2 Å². The zero-order valence-electron chi connectivity index (χ0n) is 14.8. The third-order valence-corrected chi connectivity index (χ3v) is 4.45. The van der Waals surface area contributed by atoms with Crippen LogP contribution in [0.2, 0.25) is 0 Å². The lowest BCUT2D eigenvalue weighted by molar-refractivity contribution is 0.170. The fourth-order valence-electron chi connectivity index (χ4n) is 3.14. The van der Waals surface area contributed by atoms with Crippen molar-refractivity contribution < 1.29 is 9.47 Å². The largest absolute Gasteiger partial charge is 0.481 e. The summed E-state index contributed by atoms with van der Waals surface area (Å²) in [6.45, 7) is 2.90. The van der Waals surface area contributed by atoms with E-state index < -0.39 is 0 Å². The molecule has 3 rings (SSSR count). The van der Waals surface area contributed by atoms with Crippen molar-refractivity contribution in [2.75, 3.05) is 39.2 Å². The molecule has 0 radical (unpaired) electrons. The Hall–Kier alpha value is -2.41. The predicted molar refractivity (Wildman–Crippen MR) is 96.0 cm³/mol. The van der Waals surface area contributed by atoms with E-state index in [0.29, 0.717) is 24.3 Å². The Morgan fingerprint density at radius 2 is 1.84 bits per heavy atom. The van der Waals surface area contributed by atoms with Gasteiger partial charge in [0.2, 0.25) is 17.7 Å². The van der Waals surface area contributed by atoms with Gasteiger partial charge in [-0.2, -0.15) is 9.97 Å². The maximum atomic E-state index is 5.21. The van der Waals surface area contributed by atoms with Gasteiger partial charge < -0.3 is 14.8 Å². The summed E-state index contributed by atoms with van der Waals surface area (Å²) in [7, 11) is 3.16. The van der Waals surface area contributed by atoms with Gasteiger partial charge in [0.15, 0.2) is 0 Å². The highest BCUT2D eigenvalue weighted by molar-refractivity contribution is 5.34. The first-order valence-electron chi connectivity index (χ1n) is 8.65. The van der Waals surface area contributed by atoms with E-state index in [1.807, 2.05) is 12.3 Å². The van der Waals surface area contributed by atoms with Crippen molar-refractivity contribution in [3.63, 3.8) is 0 Å². The van der Waals surface area contributed by atoms with Crippen LogP contribution in [0.4, 0.5) is 5.95 Å². The quantitative estimate of drug-likeness (QED) is 0.828. The lowest BCUT2D eigenvalue weighted by Gasteiger charge is -2.34. The average Bonchev–Trinajstić information content (AvgIpc) is 2.69. The second-order valence-corrected chi connectivity index (χ2v) is 6.06. The van der Waals surface area contributed by atoms with Gasteiger partial charge in [-0.05, 0) is 37.6 Å². The number of methoxy groups -OCH3 is 2. The van der Waals surface area contributed by atoms with E-state index in [0.717, 1.165) is 13.1 Å². The number of rotatable bonds is 7. The van der Waals surface area contributed by atoms with Crippen LogP contribution in [0.3, 0.4) is 0 Å². The molecule has 1 aliphatic rings. The van der Waals surface area contributed by atoms with E-state index in [1.165, 1.54) is 24.8 Å². The number of likely N-dealkylation sites (tertiary alicyclic amines) is 1. The number of hydrogen-bond donors (Lipinski definition) is 1. The van der Waals surface area contributed by atoms with Crippen molar-refractivity contribution >= 4 is 5.95 Å². The number of aromatic nitrogens is 3. The number of pyridine rings is 1. The van der Waals surface area contributed by atoms with Crippen LogP contribution in [-0.2, 0) is 0 Å². The summed E-state index contributed by atoms with van der Waals surface area (Å²) in [4.78, 5) is 15.5. The van der Waals surface area contributed by atoms with E-state index in [9.17, 15) is 0 Å². The summed E-state index contributed by atoms with van der Waals surface area (Å²) in [5, 5.41) is 3.34. The molecule has 1 aliphatic heterocycles. The molecule has 1 unspecified atom stereocenters. The summed E-state index contributed by atoms with van der Waals surface area (Å²) < 4.78 is 10.4. The van der Waals surface area contributed by atoms with Gasteiger partial charge in [-0.1, -0.05) is 12.5 Å². The second-order valence-electron chi connectivity index (χ2n) is 6.06. The molecule has 7 nitrogen and oxygen atoms in total. The molecule has 2 aromatic rings. The van der Waals surface area contributed by atoms with Crippen molar-refractivity contribution in [3.05, 3.63) is 36.2 Å². The van der Waals surface area contributed by atoms with Crippen LogP contribution in [0, 0.1) is 0 Å². The average molecular weight is 343 g/mol. The predicted octanol–water partition coefficient (Wildman–Crippen LogP) is 2.53. The maximum Gasteiger partial charge on any atom is 0.229 e. The van der Waals surface area contributed by atoms with Crippen LogP contribution in [0.15, 0.2) is 30.6 Å². The molecule has 3 heterocycles. The zero-order valence-corrected chi connectivity index (χ0v) is 14.8. The van der Waals surface area contributed by atoms with Crippen LogP contribution < -0.4 is 14.8 Å². The smallest absolute Gasteiger partial charge is 0.229 e. The molecule has 0 bridgehead atoms. The van der Waals surface area contributed by atoms with E-state index >= 15 is 0 Å². The first kappa shape index (κ1) is 17.4. The molecule has 1 saturated heterocycles. The molecule has 0 aliphatic carbocycles. The lowest BCUT2D eigenvalue weighted by atomic mass is 10.0. The Labute approximate surface area is 148 Å². The van der Waals surface area contributed by atoms with Gasteiger partial charge in [0.25, 0.3) is 0 Å². The third-order valence-electron chi connectivity index (χ3n) is 4.45. The fraction of sp³-hybridized carbons (Fsp3) is 0.500. The number of piperidine rings is 1. The molecule has 134 valence electrons. The number of ether oxygens (including phenoxy) is 2. The monoisotopic (exact) mass is 343 g/mol. The number of nitrogens with one attached hydrogen (secondary N) is 1. The highest BCUT2D eigenvalue weighted by atomic mass is 16.5. The highest BCUT2D eigenvalue weighted by Gasteiger charge is 2.22. The summed E-state index contributed by atoms with van der Waals surface area (Å²) >= 11 is 0. The first-order valence-corrected chi connectivity index (χ1v) is 8.65. The Morgan fingerprint density at radius 1 is 1.12 bits per heavy atom. The molecule has 0 aromatic carbocycles. The van der Waals surface area contributed by atoms with Gasteiger partial charge in [0.05, 0.1) is 26.3 Å². The Morgan fingerprint density at radius 3 is 2.44 bits per heavy atom. The molecule has 0 amide bonds. The standard InChI is InChI=1S/C18H25N5O2/c1-24-16-11-17(25-2)22-18(21-16)20-13-15(14-7-6-8-19-12-14)23-9-4-3-5-10-23/h6-8,11-12,15H,3-5,9-10,13H2,1-2H3,(H,20,21,22). The Balaban J connectivity index is 1.76. The van der Waals surface area contributed by atoms with Crippen LogP contribution in [0.25, 0.3) is 0 Å². The minimum Gasteiger partial charge on any atom is -0.481 e. The van der Waals surface area contributed by atoms with E-state index in [4.69, 9.17) is 9.47 Å². The van der Waals surface area contributed by atoms with Crippen molar-refractivity contribution in [2.24, 2.45) is 0 Å². The van der Waals surface area contributed by atoms with Gasteiger partial charge in [-0.25, -0.2) is 0 Å². The Kier molecular flexibility index (Phi) is 6.00. The van der Waals surface area contributed by atoms with Gasteiger partial charge in [-0.15, -0.1) is 0 Å². The van der Waals surface area contributed by atoms with Crippen molar-refractivity contribution in [1.82, 2.24) is 19.9 Å². The second kappa shape index (κ2) is 8.62. The molecular weight excluding hydrogens is 318 g/mol. The van der Waals surface area contributed by atoms with Gasteiger partial charge in [0.1, 0.15) is 0 Å². The summed E-state index contributed by atoms with van der Waals surface area (Å²) in [6, 6.07) is 6.00. The van der Waals surface area contributed by atoms with Crippen LogP contribution in [0.5, 0.6) is 11.8 Å². The Bertz CT molecular complexity index is 640. The third kappa shape index (κ3) is 4.57. The molecule has 0 spiro atoms. The lowest BCUT2D eigenvalue weighted by Crippen LogP contribution is -2.37. The van der Waals surface area contributed by atoms with Gasteiger partial charge in [-0.3, -0.25) is 9.88 Å². The van der Waals surface area contributed by atoms with Crippen LogP contribution >= 0.6 is 0 Å². The van der Waals surface area contributed by atoms with Crippen LogP contribution in [-0.4, -0.2) is 53.7 Å². The van der Waals surface area contributed by atoms with Crippen molar-refractivity contribution in [1.29, 1.82) is 0 Å². The summed E-state index contributed by atoms with van der Waals surface area (Å²) in [6.07, 6.45) is 7.52. The first-order chi connectivity index (χ1) is 12.3. The van der Waals surface area contributed by atoms with Crippen molar-refractivity contribution in [2.45, 2.75) is 25.3 Å². The SMILES string of the molecule is COc1cc(OC)nc(NCC(c2cccnc2)N2CCCCC2)n1. The number of nitrogens with zero attached hydrogens (tertiary/aromatic N) is 4. The number of anilines is 1. The molecular formula is C18H25N5O2. The van der Waals surface area contributed by atoms with Crippen LogP contribution in [0.1, 0.15) is 30.9 Å². The molecule has 2 aromatic heterocycles. The molecule has 0 saturated carbocycles. The van der Waals surface area contributed by atoms with E-state index in [-0.39, 0.29) is 6.04 Å². The summed E-state index contributed by atoms with van der Waals surface area (Å²) in [5.74, 6) is 1.46. The van der Waals surface area contributed by atoms with Gasteiger partial charge >= 0.3 is 0 Å². The molecule has 1 N–H and O–H groups in total. The fourth-order valence-corrected chi connectivity index (χ4v) is 3.14. The highest BCUT2D eigenvalue weighted by Crippen LogP contribution is 2.25. The summed E-state index contributed by atoms with van der Waals surface area (Å²) in [5.41, 5.74) is 1.20. The van der Waals surface area contributed by atoms with Gasteiger partial charge in [0, 0.05) is 18.9 Å². The minimum atomic E-state index is 0.231. The van der Waals surface area contributed by atoms with Crippen molar-refractivity contribution in [3.8, 4) is 11.8 Å². The maximum absolute atomic E-state index is 5.21. The molecule has 25 heavy (non-hydrogen) atoms. The number of hydrogen-bond acceptors (Lipinski definition) is 7.